The van der Waals surface area contributed by atoms with E-state index in [2.05, 4.69) is 20.5 Å². The van der Waals surface area contributed by atoms with Crippen molar-refractivity contribution in [2.45, 2.75) is 50.3 Å². The molecule has 0 bridgehead atoms. The number of rotatable bonds is 3. The van der Waals surface area contributed by atoms with E-state index in [1.165, 1.54) is 22.3 Å². The van der Waals surface area contributed by atoms with Gasteiger partial charge in [0.1, 0.15) is 0 Å². The number of hydrogen-bond acceptors (Lipinski definition) is 4. The molecule has 6 nitrogen and oxygen atoms in total. The van der Waals surface area contributed by atoms with Crippen LogP contribution < -0.4 is 10.0 Å². The standard InChI is InChI=1S/C21H22N4O2S/c1-14-8-10-16(11-9-14)28(27,23-13-22)25-21(26)24-20-12-15-4-2-5-17(15)18-6-3-7-19(18)20/h8-12H,2-7H2,1H3,(H2,23,24,25,26,27). The van der Waals surface area contributed by atoms with Crippen LogP contribution in [0.4, 0.5) is 10.5 Å². The third kappa shape index (κ3) is 3.36. The highest BCUT2D eigenvalue weighted by Crippen LogP contribution is 2.38. The van der Waals surface area contributed by atoms with Crippen molar-refractivity contribution in [2.75, 3.05) is 5.32 Å². The fraction of sp³-hybridized carbons (Fsp3) is 0.333. The number of benzene rings is 2. The van der Waals surface area contributed by atoms with Crippen LogP contribution in [0.1, 0.15) is 40.7 Å². The summed E-state index contributed by atoms with van der Waals surface area (Å²) in [4.78, 5) is 13.0. The molecule has 0 spiro atoms. The molecule has 2 aromatic rings. The highest BCUT2D eigenvalue weighted by atomic mass is 32.2. The molecule has 2 aliphatic carbocycles. The van der Waals surface area contributed by atoms with E-state index in [9.17, 15) is 9.00 Å². The number of nitrogens with one attached hydrogen (secondary N) is 2. The Morgan fingerprint density at radius 1 is 1.07 bits per heavy atom. The fourth-order valence-electron chi connectivity index (χ4n) is 4.21. The van der Waals surface area contributed by atoms with Crippen molar-refractivity contribution < 1.29 is 9.00 Å². The summed E-state index contributed by atoms with van der Waals surface area (Å²) in [5.74, 6) is 0. The van der Waals surface area contributed by atoms with Crippen LogP contribution in [0.2, 0.25) is 0 Å². The first-order valence-electron chi connectivity index (χ1n) is 9.47. The molecule has 4 rings (SSSR count). The zero-order valence-electron chi connectivity index (χ0n) is 15.7. The summed E-state index contributed by atoms with van der Waals surface area (Å²) in [6.07, 6.45) is 7.96. The number of fused-ring (bicyclic) bond motifs is 3. The molecule has 1 unspecified atom stereocenters. The molecule has 7 heteroatoms. The Bertz CT molecular complexity index is 1110. The van der Waals surface area contributed by atoms with E-state index in [1.807, 2.05) is 6.92 Å². The highest BCUT2D eigenvalue weighted by Gasteiger charge is 2.25. The maximum Gasteiger partial charge on any atom is 0.331 e. The maximum atomic E-state index is 13.2. The summed E-state index contributed by atoms with van der Waals surface area (Å²) in [5, 5.41) is 11.9. The average Bonchev–Trinajstić information content (AvgIpc) is 3.31. The first kappa shape index (κ1) is 18.5. The smallest absolute Gasteiger partial charge is 0.307 e. The quantitative estimate of drug-likeness (QED) is 0.770. The third-order valence-electron chi connectivity index (χ3n) is 5.48. The number of hydrogen-bond donors (Lipinski definition) is 2. The Morgan fingerprint density at radius 2 is 1.75 bits per heavy atom. The second-order valence-corrected chi connectivity index (χ2v) is 9.22. The van der Waals surface area contributed by atoms with E-state index in [0.29, 0.717) is 4.90 Å². The molecule has 28 heavy (non-hydrogen) atoms. The summed E-state index contributed by atoms with van der Waals surface area (Å²) >= 11 is 0. The molecule has 2 N–H and O–H groups in total. The summed E-state index contributed by atoms with van der Waals surface area (Å²) in [7, 11) is -3.38. The van der Waals surface area contributed by atoms with E-state index in [0.717, 1.165) is 49.8 Å². The fourth-order valence-corrected chi connectivity index (χ4v) is 5.40. The normalized spacial score (nSPS) is 16.4. The summed E-state index contributed by atoms with van der Waals surface area (Å²) in [6.45, 7) is 1.90. The predicted molar refractivity (Wildman–Crippen MR) is 108 cm³/mol. The molecule has 1 atom stereocenters. The summed E-state index contributed by atoms with van der Waals surface area (Å²) in [5.41, 5.74) is 7.10. The van der Waals surface area contributed by atoms with Gasteiger partial charge in [-0.25, -0.2) is 13.7 Å². The summed E-state index contributed by atoms with van der Waals surface area (Å²) in [6, 6.07) is 8.22. The molecule has 0 radical (unpaired) electrons. The minimum absolute atomic E-state index is 0.300. The Labute approximate surface area is 165 Å². The Kier molecular flexibility index (Phi) is 4.82. The van der Waals surface area contributed by atoms with Crippen LogP contribution in [-0.2, 0) is 35.6 Å². The highest BCUT2D eigenvalue weighted by molar-refractivity contribution is 7.92. The Morgan fingerprint density at radius 3 is 2.50 bits per heavy atom. The van der Waals surface area contributed by atoms with Crippen LogP contribution in [0, 0.1) is 18.4 Å². The van der Waals surface area contributed by atoms with Crippen LogP contribution in [0.3, 0.4) is 0 Å². The van der Waals surface area contributed by atoms with Gasteiger partial charge >= 0.3 is 6.03 Å². The molecular formula is C21H22N4O2S. The number of anilines is 1. The van der Waals surface area contributed by atoms with Gasteiger partial charge in [-0.3, -0.25) is 0 Å². The van der Waals surface area contributed by atoms with Crippen molar-refractivity contribution in [1.82, 2.24) is 4.72 Å². The third-order valence-corrected chi connectivity index (χ3v) is 7.19. The molecule has 0 fully saturated rings. The largest absolute Gasteiger partial charge is 0.331 e. The maximum absolute atomic E-state index is 13.2. The van der Waals surface area contributed by atoms with Crippen LogP contribution in [-0.4, -0.2) is 10.2 Å². The van der Waals surface area contributed by atoms with Crippen LogP contribution in [0.5, 0.6) is 0 Å². The molecule has 0 saturated heterocycles. The number of nitrogens with zero attached hydrogens (tertiary/aromatic N) is 2. The van der Waals surface area contributed by atoms with E-state index in [4.69, 9.17) is 5.26 Å². The molecule has 2 aromatic carbocycles. The minimum atomic E-state index is -3.38. The van der Waals surface area contributed by atoms with E-state index in [1.54, 1.807) is 30.5 Å². The van der Waals surface area contributed by atoms with Gasteiger partial charge in [0, 0.05) is 5.69 Å². The van der Waals surface area contributed by atoms with Gasteiger partial charge < -0.3 is 5.32 Å². The van der Waals surface area contributed by atoms with E-state index in [-0.39, 0.29) is 0 Å². The molecule has 2 aliphatic rings. The molecule has 0 saturated carbocycles. The SMILES string of the molecule is Cc1ccc(S(=O)(=NC#N)NC(=O)Nc2cc3c(c4c2CCC4)CCC3)cc1. The van der Waals surface area contributed by atoms with Gasteiger partial charge in [0.25, 0.3) is 0 Å². The number of urea groups is 1. The molecule has 0 aromatic heterocycles. The average molecular weight is 395 g/mol. The molecule has 0 heterocycles. The lowest BCUT2D eigenvalue weighted by Crippen LogP contribution is -2.34. The molecule has 0 aliphatic heterocycles. The number of carbonyl (C=O) groups is 1. The van der Waals surface area contributed by atoms with Gasteiger partial charge in [-0.2, -0.15) is 5.26 Å². The van der Waals surface area contributed by atoms with Crippen molar-refractivity contribution in [3.8, 4) is 6.19 Å². The molecule has 2 amide bonds. The van der Waals surface area contributed by atoms with Crippen LogP contribution in [0.25, 0.3) is 0 Å². The van der Waals surface area contributed by atoms with Crippen molar-refractivity contribution in [3.05, 3.63) is 58.1 Å². The van der Waals surface area contributed by atoms with Crippen molar-refractivity contribution in [1.29, 1.82) is 5.26 Å². The van der Waals surface area contributed by atoms with Gasteiger partial charge in [-0.1, -0.05) is 22.1 Å². The zero-order valence-corrected chi connectivity index (χ0v) is 16.6. The molecular weight excluding hydrogens is 372 g/mol. The van der Waals surface area contributed by atoms with Crippen molar-refractivity contribution in [3.63, 3.8) is 0 Å². The van der Waals surface area contributed by atoms with Gasteiger partial charge in [0.15, 0.2) is 9.92 Å². The number of nitriles is 1. The minimum Gasteiger partial charge on any atom is -0.307 e. The van der Waals surface area contributed by atoms with Crippen molar-refractivity contribution >= 4 is 21.6 Å². The first-order chi connectivity index (χ1) is 13.5. The van der Waals surface area contributed by atoms with E-state index >= 15 is 0 Å². The lowest BCUT2D eigenvalue weighted by atomic mass is 9.98. The lowest BCUT2D eigenvalue weighted by Gasteiger charge is -2.16. The van der Waals surface area contributed by atoms with Gasteiger partial charge in [0.2, 0.25) is 6.19 Å². The summed E-state index contributed by atoms with van der Waals surface area (Å²) < 4.78 is 19.1. The first-order valence-corrected chi connectivity index (χ1v) is 11.0. The lowest BCUT2D eigenvalue weighted by molar-refractivity contribution is 0.257. The number of carbonyl (C=O) groups excluding carboxylic acids is 1. The zero-order chi connectivity index (χ0) is 19.7. The van der Waals surface area contributed by atoms with Crippen LogP contribution >= 0.6 is 0 Å². The molecule has 144 valence electrons. The van der Waals surface area contributed by atoms with Crippen molar-refractivity contribution in [2.24, 2.45) is 4.36 Å². The second kappa shape index (κ2) is 7.28. The van der Waals surface area contributed by atoms with Gasteiger partial charge in [-0.15, -0.1) is 0 Å². The topological polar surface area (TPSA) is 94.3 Å². The van der Waals surface area contributed by atoms with E-state index < -0.39 is 15.9 Å². The second-order valence-electron chi connectivity index (χ2n) is 7.31. The predicted octanol–water partition coefficient (Wildman–Crippen LogP) is 4.02. The Balaban J connectivity index is 1.62. The Hall–Kier alpha value is -2.85. The number of aryl methyl sites for hydroxylation is 2. The van der Waals surface area contributed by atoms with Gasteiger partial charge in [0.05, 0.1) is 4.90 Å². The number of amides is 2. The van der Waals surface area contributed by atoms with Gasteiger partial charge in [-0.05, 0) is 85.9 Å². The van der Waals surface area contributed by atoms with Crippen LogP contribution in [0.15, 0.2) is 39.6 Å². The monoisotopic (exact) mass is 394 g/mol.